The molecule has 0 aliphatic carbocycles. The summed E-state index contributed by atoms with van der Waals surface area (Å²) in [7, 11) is 0. The minimum absolute atomic E-state index is 0.789. The van der Waals surface area contributed by atoms with Gasteiger partial charge in [0.25, 0.3) is 0 Å². The second-order valence-electron chi connectivity index (χ2n) is 0.784. The number of rotatable bonds is 2. The quantitative estimate of drug-likeness (QED) is 0.453. The van der Waals surface area contributed by atoms with Crippen molar-refractivity contribution >= 4 is 22.5 Å². The molecule has 0 atom stereocenters. The molecule has 2 heteroatoms. The molecule has 0 aliphatic heterocycles. The van der Waals surface area contributed by atoms with E-state index in [1.807, 2.05) is 11.0 Å². The molecule has 0 spiro atoms. The summed E-state index contributed by atoms with van der Waals surface area (Å²) in [5.41, 5.74) is 0. The molecule has 0 aliphatic rings. The third kappa shape index (κ3) is 4.34. The molecule has 0 amide bonds. The van der Waals surface area contributed by atoms with Crippen molar-refractivity contribution in [2.24, 2.45) is 0 Å². The van der Waals surface area contributed by atoms with Crippen LogP contribution < -0.4 is 0 Å². The average Bonchev–Trinajstić information content (AvgIpc) is 1.61. The van der Waals surface area contributed by atoms with E-state index in [-0.39, 0.29) is 0 Å². The summed E-state index contributed by atoms with van der Waals surface area (Å²) >= 11 is 1.15. The van der Waals surface area contributed by atoms with Crippen LogP contribution in [0, 0.1) is 0 Å². The second-order valence-corrected chi connectivity index (χ2v) is 1.88. The Morgan fingerprint density at radius 1 is 1.83 bits per heavy atom. The van der Waals surface area contributed by atoms with Gasteiger partial charge in [0.2, 0.25) is 0 Å². The maximum absolute atomic E-state index is 4.83. The Labute approximate surface area is 51.5 Å². The molecule has 1 nitrogen and oxygen atoms in total. The van der Waals surface area contributed by atoms with Crippen molar-refractivity contribution in [3.05, 3.63) is 10.4 Å². The van der Waals surface area contributed by atoms with Gasteiger partial charge in [-0.25, -0.2) is 0 Å². The van der Waals surface area contributed by atoms with Gasteiger partial charge in [0.15, 0.2) is 0 Å². The molecule has 0 heterocycles. The van der Waals surface area contributed by atoms with Gasteiger partial charge in [0, 0.05) is 0 Å². The molecule has 0 unspecified atom stereocenters. The normalized spacial score (nSPS) is 9.67. The molecule has 0 bridgehead atoms. The van der Waals surface area contributed by atoms with Crippen LogP contribution >= 0.6 is 0 Å². The van der Waals surface area contributed by atoms with E-state index in [1.54, 1.807) is 6.26 Å². The summed E-state index contributed by atoms with van der Waals surface area (Å²) in [4.78, 5) is 0. The predicted octanol–water partition coefficient (Wildman–Crippen LogP) is 0.395. The molecule has 0 fully saturated rings. The molecule has 0 aromatic heterocycles. The zero-order valence-electron chi connectivity index (χ0n) is 3.85. The molecule has 0 aromatic carbocycles. The summed E-state index contributed by atoms with van der Waals surface area (Å²) < 4.78 is 6.83. The van der Waals surface area contributed by atoms with Gasteiger partial charge in [-0.1, -0.05) is 0 Å². The number of hydrogen-bond donors (Lipinski definition) is 0. The van der Waals surface area contributed by atoms with E-state index in [1.165, 1.54) is 0 Å². The summed E-state index contributed by atoms with van der Waals surface area (Å²) in [6.07, 6.45) is 1.74. The van der Waals surface area contributed by atoms with Crippen molar-refractivity contribution in [3.8, 4) is 0 Å². The number of hydrogen-bond acceptors (Lipinski definition) is 1. The Bertz CT molecular complexity index is 42.8. The van der Waals surface area contributed by atoms with Crippen LogP contribution in [0.25, 0.3) is 0 Å². The molecular formula is C4H8OSn. The van der Waals surface area contributed by atoms with Crippen LogP contribution in [0.15, 0.2) is 10.4 Å². The molecule has 0 saturated carbocycles. The summed E-state index contributed by atoms with van der Waals surface area (Å²) in [6, 6.07) is 0. The van der Waals surface area contributed by atoms with E-state index in [2.05, 4.69) is 0 Å². The van der Waals surface area contributed by atoms with Crippen molar-refractivity contribution in [1.82, 2.24) is 0 Å². The molecule has 0 N–H and O–H groups in total. The monoisotopic (exact) mass is 192 g/mol. The van der Waals surface area contributed by atoms with E-state index in [0.717, 1.165) is 29.1 Å². The van der Waals surface area contributed by atoms with Crippen LogP contribution in [0.4, 0.5) is 0 Å². The van der Waals surface area contributed by atoms with Crippen molar-refractivity contribution in [1.29, 1.82) is 0 Å². The fourth-order valence-corrected chi connectivity index (χ4v) is 0.469. The van der Waals surface area contributed by atoms with E-state index >= 15 is 0 Å². The molecule has 2 radical (unpaired) electrons. The molecule has 0 rings (SSSR count). The molecule has 0 saturated heterocycles. The van der Waals surface area contributed by atoms with Crippen LogP contribution in [0.5, 0.6) is 0 Å². The maximum atomic E-state index is 4.83. The molecule has 0 aromatic rings. The Kier molecular flexibility index (Phi) is 5.64. The van der Waals surface area contributed by atoms with Crippen LogP contribution in [0.1, 0.15) is 6.92 Å². The van der Waals surface area contributed by atoms with Crippen molar-refractivity contribution in [3.63, 3.8) is 0 Å². The zero-order valence-corrected chi connectivity index (χ0v) is 7.14. The van der Waals surface area contributed by atoms with Crippen molar-refractivity contribution in [2.45, 2.75) is 6.92 Å². The SMILES string of the molecule is CCOC=[CH][SnH]. The fraction of sp³-hybridized carbons (Fsp3) is 0.500. The summed E-state index contributed by atoms with van der Waals surface area (Å²) in [5.74, 6) is 0. The van der Waals surface area contributed by atoms with E-state index in [0.29, 0.717) is 0 Å². The third-order valence-corrected chi connectivity index (χ3v) is 0.790. The first-order valence-corrected chi connectivity index (χ1v) is 3.80. The van der Waals surface area contributed by atoms with Crippen molar-refractivity contribution in [2.75, 3.05) is 6.61 Å². The van der Waals surface area contributed by atoms with Gasteiger partial charge in [-0.05, 0) is 0 Å². The van der Waals surface area contributed by atoms with Gasteiger partial charge >= 0.3 is 51.1 Å². The fourth-order valence-electron chi connectivity index (χ4n) is 0.152. The van der Waals surface area contributed by atoms with Gasteiger partial charge in [-0.3, -0.25) is 0 Å². The first-order valence-electron chi connectivity index (χ1n) is 1.90. The molecular weight excluding hydrogens is 183 g/mol. The topological polar surface area (TPSA) is 9.23 Å². The Balaban J connectivity index is 2.66. The van der Waals surface area contributed by atoms with E-state index in [9.17, 15) is 0 Å². The van der Waals surface area contributed by atoms with Gasteiger partial charge in [-0.2, -0.15) is 0 Å². The van der Waals surface area contributed by atoms with Crippen LogP contribution in [-0.4, -0.2) is 29.1 Å². The van der Waals surface area contributed by atoms with Gasteiger partial charge in [0.1, 0.15) is 0 Å². The first kappa shape index (κ1) is 6.34. The van der Waals surface area contributed by atoms with E-state index < -0.39 is 0 Å². The molecule has 34 valence electrons. The van der Waals surface area contributed by atoms with E-state index in [4.69, 9.17) is 4.74 Å². The van der Waals surface area contributed by atoms with Gasteiger partial charge < -0.3 is 0 Å². The van der Waals surface area contributed by atoms with Crippen LogP contribution in [-0.2, 0) is 4.74 Å². The van der Waals surface area contributed by atoms with Gasteiger partial charge in [-0.15, -0.1) is 0 Å². The first-order chi connectivity index (χ1) is 2.91. The summed E-state index contributed by atoms with van der Waals surface area (Å²) in [5, 5.41) is 0. The minimum atomic E-state index is 0.789. The number of ether oxygens (including phenoxy) is 1. The van der Waals surface area contributed by atoms with Gasteiger partial charge in [0.05, 0.1) is 0 Å². The summed E-state index contributed by atoms with van der Waals surface area (Å²) in [6.45, 7) is 2.76. The predicted molar refractivity (Wildman–Crippen MR) is 27.9 cm³/mol. The Morgan fingerprint density at radius 3 is 2.67 bits per heavy atom. The standard InChI is InChI=1S/C4H7O.Sn.H/c1-3-5-4-2;;/h1,3H,4H2,2H3;;. The Hall–Kier alpha value is 0.339. The second kappa shape index (κ2) is 5.34. The Morgan fingerprint density at radius 2 is 2.50 bits per heavy atom. The van der Waals surface area contributed by atoms with Crippen LogP contribution in [0.3, 0.4) is 0 Å². The van der Waals surface area contributed by atoms with Crippen molar-refractivity contribution < 1.29 is 4.74 Å². The average molecular weight is 191 g/mol. The molecule has 6 heavy (non-hydrogen) atoms. The van der Waals surface area contributed by atoms with Crippen LogP contribution in [0.2, 0.25) is 0 Å². The zero-order chi connectivity index (χ0) is 4.83. The third-order valence-electron chi connectivity index (χ3n) is 0.341.